The number of benzene rings is 7. The summed E-state index contributed by atoms with van der Waals surface area (Å²) in [5.41, 5.74) is 10.8. The summed E-state index contributed by atoms with van der Waals surface area (Å²) in [5, 5.41) is 0. The Bertz CT molecular complexity index is 2410. The number of H-pyrrole nitrogens is 1. The van der Waals surface area contributed by atoms with Gasteiger partial charge in [0.15, 0.2) is 5.75 Å². The van der Waals surface area contributed by atoms with E-state index < -0.39 is 10.8 Å². The predicted molar refractivity (Wildman–Crippen MR) is 206 cm³/mol. The van der Waals surface area contributed by atoms with E-state index in [1.165, 1.54) is 27.8 Å². The minimum atomic E-state index is -0.711. The van der Waals surface area contributed by atoms with Gasteiger partial charge in [-0.25, -0.2) is 0 Å². The topological polar surface area (TPSA) is 28.3 Å². The van der Waals surface area contributed by atoms with Crippen molar-refractivity contribution in [1.29, 1.82) is 0 Å². The highest BCUT2D eigenvalue weighted by molar-refractivity contribution is 5.93. The molecule has 3 heterocycles. The minimum Gasteiger partial charge on any atom is -0.453 e. The number of hydrogen-bond donors (Lipinski definition) is 1. The second kappa shape index (κ2) is 11.5. The molecule has 1 N–H and O–H groups in total. The summed E-state index contributed by atoms with van der Waals surface area (Å²) in [5.74, 6) is 1.67. The highest BCUT2D eigenvalue weighted by Crippen LogP contribution is 2.65. The number of rotatable bonds is 5. The maximum atomic E-state index is 7.27. The first kappa shape index (κ1) is 29.3. The van der Waals surface area contributed by atoms with Crippen LogP contribution in [0.5, 0.6) is 11.5 Å². The van der Waals surface area contributed by atoms with E-state index in [0.717, 1.165) is 45.5 Å². The number of hydrogen-bond acceptors (Lipinski definition) is 2. The molecule has 7 aromatic carbocycles. The molecule has 3 heteroatoms. The molecule has 1 aromatic heterocycles. The minimum absolute atomic E-state index is 0.703. The molecule has 0 radical (unpaired) electrons. The average molecular weight is 655 g/mol. The summed E-state index contributed by atoms with van der Waals surface area (Å²) >= 11 is 0. The molecule has 0 saturated heterocycles. The number of para-hydroxylation sites is 3. The van der Waals surface area contributed by atoms with Crippen LogP contribution in [0.2, 0.25) is 0 Å². The first-order valence-corrected chi connectivity index (χ1v) is 17.5. The Hall–Kier alpha value is -6.58. The molecule has 2 aliphatic rings. The highest BCUT2D eigenvalue weighted by atomic mass is 16.5. The Balaban J connectivity index is 1.43. The van der Waals surface area contributed by atoms with Gasteiger partial charge in [-0.15, -0.1) is 0 Å². The standard InChI is InChI=1S/C48H34N2O/c1-6-20-34(21-7-1)47(35-22-8-2-9-23-35)39-30-16-18-32-41(39)50(38-28-14-5-15-29-38)43-44-46(49-45(43)47)48(36-24-10-3-11-25-36,37-26-12-4-13-27-37)40-31-17-19-33-42(40)51-44/h1-33,49H. The first-order chi connectivity index (χ1) is 25.3. The van der Waals surface area contributed by atoms with Gasteiger partial charge in [0.05, 0.1) is 27.9 Å². The van der Waals surface area contributed by atoms with Gasteiger partial charge in [-0.3, -0.25) is 0 Å². The maximum absolute atomic E-state index is 7.27. The lowest BCUT2D eigenvalue weighted by Crippen LogP contribution is -2.38. The lowest BCUT2D eigenvalue weighted by Gasteiger charge is -2.44. The number of anilines is 3. The lowest BCUT2D eigenvalue weighted by atomic mass is 9.64. The molecule has 0 amide bonds. The molecular formula is C48H34N2O. The van der Waals surface area contributed by atoms with E-state index in [9.17, 15) is 0 Å². The van der Waals surface area contributed by atoms with Crippen LogP contribution >= 0.6 is 0 Å². The van der Waals surface area contributed by atoms with Crippen molar-refractivity contribution in [3.8, 4) is 11.5 Å². The Kier molecular flexibility index (Phi) is 6.62. The monoisotopic (exact) mass is 654 g/mol. The van der Waals surface area contributed by atoms with E-state index in [-0.39, 0.29) is 0 Å². The van der Waals surface area contributed by atoms with E-state index in [0.29, 0.717) is 0 Å². The fraction of sp³-hybridized carbons (Fsp3) is 0.0417. The van der Waals surface area contributed by atoms with E-state index in [1.54, 1.807) is 0 Å². The lowest BCUT2D eigenvalue weighted by molar-refractivity contribution is 0.433. The van der Waals surface area contributed by atoms with Crippen LogP contribution in [0.4, 0.5) is 17.1 Å². The maximum Gasteiger partial charge on any atom is 0.174 e. The van der Waals surface area contributed by atoms with Gasteiger partial charge < -0.3 is 14.6 Å². The molecule has 242 valence electrons. The van der Waals surface area contributed by atoms with Gasteiger partial charge in [0, 0.05) is 11.3 Å². The zero-order chi connectivity index (χ0) is 33.8. The largest absolute Gasteiger partial charge is 0.453 e. The predicted octanol–water partition coefficient (Wildman–Crippen LogP) is 11.7. The Morgan fingerprint density at radius 1 is 0.392 bits per heavy atom. The highest BCUT2D eigenvalue weighted by Gasteiger charge is 2.54. The fourth-order valence-corrected chi connectivity index (χ4v) is 8.80. The van der Waals surface area contributed by atoms with Gasteiger partial charge in [-0.2, -0.15) is 0 Å². The van der Waals surface area contributed by atoms with Crippen molar-refractivity contribution < 1.29 is 4.74 Å². The quantitative estimate of drug-likeness (QED) is 0.200. The van der Waals surface area contributed by atoms with Crippen LogP contribution in [0.1, 0.15) is 44.8 Å². The molecule has 2 aliphatic heterocycles. The summed E-state index contributed by atoms with van der Waals surface area (Å²) in [6.45, 7) is 0. The van der Waals surface area contributed by atoms with E-state index in [4.69, 9.17) is 4.74 Å². The van der Waals surface area contributed by atoms with Crippen molar-refractivity contribution in [2.45, 2.75) is 10.8 Å². The van der Waals surface area contributed by atoms with Crippen LogP contribution in [0.15, 0.2) is 200 Å². The Morgan fingerprint density at radius 3 is 1.33 bits per heavy atom. The molecule has 0 spiro atoms. The third kappa shape index (κ3) is 4.06. The van der Waals surface area contributed by atoms with Crippen molar-refractivity contribution in [2.75, 3.05) is 4.90 Å². The van der Waals surface area contributed by atoms with E-state index in [2.05, 4.69) is 210 Å². The zero-order valence-corrected chi connectivity index (χ0v) is 27.9. The molecule has 0 bridgehead atoms. The number of nitrogens with one attached hydrogen (secondary N) is 1. The smallest absolute Gasteiger partial charge is 0.174 e. The summed E-state index contributed by atoms with van der Waals surface area (Å²) in [6, 6.07) is 71.7. The fourth-order valence-electron chi connectivity index (χ4n) is 8.80. The molecule has 0 aliphatic carbocycles. The van der Waals surface area contributed by atoms with Gasteiger partial charge in [0.25, 0.3) is 0 Å². The number of fused-ring (bicyclic) bond motifs is 5. The van der Waals surface area contributed by atoms with Crippen molar-refractivity contribution >= 4 is 17.1 Å². The summed E-state index contributed by atoms with van der Waals surface area (Å²) in [7, 11) is 0. The van der Waals surface area contributed by atoms with Crippen LogP contribution in [-0.4, -0.2) is 4.98 Å². The molecule has 10 rings (SSSR count). The van der Waals surface area contributed by atoms with Crippen molar-refractivity contribution in [3.05, 3.63) is 245 Å². The molecule has 51 heavy (non-hydrogen) atoms. The SMILES string of the molecule is c1ccc(N2c3ccccc3C(c3ccccc3)(c3ccccc3)c3[nH]c4c(c32)Oc2ccccc2C4(c2ccccc2)c2ccccc2)cc1. The van der Waals surface area contributed by atoms with Crippen LogP contribution in [0.25, 0.3) is 0 Å². The molecule has 0 fully saturated rings. The first-order valence-electron chi connectivity index (χ1n) is 17.5. The number of nitrogens with zero attached hydrogens (tertiary/aromatic N) is 1. The van der Waals surface area contributed by atoms with Crippen LogP contribution in [0, 0.1) is 0 Å². The molecule has 0 saturated carbocycles. The van der Waals surface area contributed by atoms with Gasteiger partial charge in [0.1, 0.15) is 11.4 Å². The van der Waals surface area contributed by atoms with Crippen molar-refractivity contribution in [1.82, 2.24) is 4.98 Å². The van der Waals surface area contributed by atoms with Gasteiger partial charge in [0.2, 0.25) is 0 Å². The molecule has 0 atom stereocenters. The Labute approximate surface area is 298 Å². The van der Waals surface area contributed by atoms with Crippen LogP contribution in [-0.2, 0) is 10.8 Å². The van der Waals surface area contributed by atoms with Crippen LogP contribution in [0.3, 0.4) is 0 Å². The molecule has 0 unspecified atom stereocenters. The molecule has 3 nitrogen and oxygen atoms in total. The third-order valence-electron chi connectivity index (χ3n) is 10.8. The van der Waals surface area contributed by atoms with Gasteiger partial charge in [-0.05, 0) is 52.1 Å². The number of aromatic amines is 1. The van der Waals surface area contributed by atoms with E-state index in [1.807, 2.05) is 0 Å². The summed E-state index contributed by atoms with van der Waals surface area (Å²) in [6.07, 6.45) is 0. The zero-order valence-electron chi connectivity index (χ0n) is 27.9. The second-order valence-electron chi connectivity index (χ2n) is 13.3. The third-order valence-corrected chi connectivity index (χ3v) is 10.8. The Morgan fingerprint density at radius 2 is 0.804 bits per heavy atom. The summed E-state index contributed by atoms with van der Waals surface area (Å²) < 4.78 is 7.27. The molecule has 8 aromatic rings. The second-order valence-corrected chi connectivity index (χ2v) is 13.3. The van der Waals surface area contributed by atoms with Crippen LogP contribution < -0.4 is 9.64 Å². The number of ether oxygens (including phenoxy) is 1. The van der Waals surface area contributed by atoms with Gasteiger partial charge >= 0.3 is 0 Å². The van der Waals surface area contributed by atoms with Crippen molar-refractivity contribution in [3.63, 3.8) is 0 Å². The van der Waals surface area contributed by atoms with Crippen molar-refractivity contribution in [2.24, 2.45) is 0 Å². The van der Waals surface area contributed by atoms with Gasteiger partial charge in [-0.1, -0.05) is 176 Å². The summed E-state index contributed by atoms with van der Waals surface area (Å²) in [4.78, 5) is 6.65. The normalized spacial score (nSPS) is 14.7. The number of aromatic nitrogens is 1. The average Bonchev–Trinajstić information content (AvgIpc) is 3.60. The molecular weight excluding hydrogens is 621 g/mol. The van der Waals surface area contributed by atoms with E-state index >= 15 is 0 Å².